The lowest BCUT2D eigenvalue weighted by molar-refractivity contribution is 0.102. The minimum Gasteiger partial charge on any atom is -0.320 e. The van der Waals surface area contributed by atoms with Crippen LogP contribution in [0, 0.1) is 11.6 Å². The predicted octanol–water partition coefficient (Wildman–Crippen LogP) is 7.27. The van der Waals surface area contributed by atoms with E-state index >= 15 is 0 Å². The first kappa shape index (κ1) is 24.2. The Morgan fingerprint density at radius 1 is 0.938 bits per heavy atom. The smallest absolute Gasteiger partial charge is 0.320 e. The van der Waals surface area contributed by atoms with Gasteiger partial charge in [-0.1, -0.05) is 24.3 Å². The van der Waals surface area contributed by atoms with Crippen LogP contribution >= 0.6 is 43.8 Å². The van der Waals surface area contributed by atoms with E-state index in [9.17, 15) is 18.4 Å². The summed E-state index contributed by atoms with van der Waals surface area (Å²) in [6.45, 7) is 1.89. The summed E-state index contributed by atoms with van der Waals surface area (Å²) in [7, 11) is 0. The van der Waals surface area contributed by atoms with E-state index in [4.69, 9.17) is 0 Å². The SMILES string of the molecule is CC(SNC(=O)Nc1cc(Br)c(NC(=O)c2ccccc2F)c(Br)c1)c1ccc(F)cc1. The maximum absolute atomic E-state index is 13.8. The molecule has 0 heterocycles. The van der Waals surface area contributed by atoms with E-state index in [0.29, 0.717) is 20.3 Å². The van der Waals surface area contributed by atoms with Crippen molar-refractivity contribution in [3.8, 4) is 0 Å². The van der Waals surface area contributed by atoms with Crippen LogP contribution in [0.15, 0.2) is 69.6 Å². The molecule has 3 N–H and O–H groups in total. The number of nitrogens with one attached hydrogen (secondary N) is 3. The molecule has 0 saturated carbocycles. The van der Waals surface area contributed by atoms with Crippen molar-refractivity contribution in [2.45, 2.75) is 12.2 Å². The molecule has 0 aliphatic heterocycles. The van der Waals surface area contributed by atoms with Crippen molar-refractivity contribution in [2.75, 3.05) is 10.6 Å². The van der Waals surface area contributed by atoms with Crippen molar-refractivity contribution in [2.24, 2.45) is 0 Å². The number of hydrogen-bond donors (Lipinski definition) is 3. The average Bonchev–Trinajstić information content (AvgIpc) is 2.75. The normalized spacial score (nSPS) is 11.5. The minimum atomic E-state index is -0.625. The van der Waals surface area contributed by atoms with Gasteiger partial charge in [-0.15, -0.1) is 0 Å². The lowest BCUT2D eigenvalue weighted by atomic mass is 10.2. The molecule has 0 bridgehead atoms. The zero-order valence-electron chi connectivity index (χ0n) is 16.6. The molecule has 0 aliphatic carbocycles. The molecule has 5 nitrogen and oxygen atoms in total. The molecule has 0 aromatic heterocycles. The Hall–Kier alpha value is -2.43. The molecule has 0 spiro atoms. The molecule has 3 rings (SSSR count). The van der Waals surface area contributed by atoms with Crippen LogP contribution in [-0.4, -0.2) is 11.9 Å². The summed E-state index contributed by atoms with van der Waals surface area (Å²) < 4.78 is 30.5. The summed E-state index contributed by atoms with van der Waals surface area (Å²) in [5, 5.41) is 5.26. The average molecular weight is 585 g/mol. The van der Waals surface area contributed by atoms with Crippen LogP contribution in [0.4, 0.5) is 25.0 Å². The topological polar surface area (TPSA) is 70.2 Å². The van der Waals surface area contributed by atoms with Crippen molar-refractivity contribution in [3.63, 3.8) is 0 Å². The molecule has 0 radical (unpaired) electrons. The number of hydrogen-bond acceptors (Lipinski definition) is 3. The third-order valence-corrected chi connectivity index (χ3v) is 6.50. The van der Waals surface area contributed by atoms with Crippen LogP contribution < -0.4 is 15.4 Å². The number of rotatable bonds is 6. The summed E-state index contributed by atoms with van der Waals surface area (Å²) in [6, 6.07) is 14.5. The highest BCUT2D eigenvalue weighted by molar-refractivity contribution is 9.11. The molecule has 166 valence electrons. The Morgan fingerprint density at radius 2 is 1.56 bits per heavy atom. The van der Waals surface area contributed by atoms with E-state index in [-0.39, 0.29) is 16.6 Å². The van der Waals surface area contributed by atoms with E-state index in [1.165, 1.54) is 42.3 Å². The molecule has 0 saturated heterocycles. The second-order valence-electron chi connectivity index (χ2n) is 6.62. The maximum Gasteiger partial charge on any atom is 0.329 e. The van der Waals surface area contributed by atoms with Gasteiger partial charge < -0.3 is 10.6 Å². The maximum atomic E-state index is 13.8. The Labute approximate surface area is 204 Å². The van der Waals surface area contributed by atoms with E-state index < -0.39 is 17.8 Å². The number of halogens is 4. The molecule has 1 unspecified atom stereocenters. The van der Waals surface area contributed by atoms with Gasteiger partial charge in [0.1, 0.15) is 11.6 Å². The molecule has 32 heavy (non-hydrogen) atoms. The molecule has 3 aromatic carbocycles. The first-order valence-corrected chi connectivity index (χ1v) is 11.7. The van der Waals surface area contributed by atoms with Gasteiger partial charge in [0.15, 0.2) is 0 Å². The standard InChI is InChI=1S/C22H17Br2F2N3O2S/c1-12(13-6-8-14(25)9-7-13)32-29-22(31)27-15-10-17(23)20(18(24)11-15)28-21(30)16-4-2-3-5-19(16)26/h2-12H,1H3,(H,28,30)(H2,27,29,31). The van der Waals surface area contributed by atoms with Crippen LogP contribution in [0.1, 0.15) is 28.1 Å². The summed E-state index contributed by atoms with van der Waals surface area (Å²) in [6.07, 6.45) is 0. The van der Waals surface area contributed by atoms with Gasteiger partial charge in [0.25, 0.3) is 5.91 Å². The molecule has 3 amide bonds. The number of carbonyl (C=O) groups excluding carboxylic acids is 2. The quantitative estimate of drug-likeness (QED) is 0.267. The van der Waals surface area contributed by atoms with Gasteiger partial charge in [0, 0.05) is 19.9 Å². The zero-order chi connectivity index (χ0) is 23.3. The second kappa shape index (κ2) is 10.9. The van der Waals surface area contributed by atoms with Crippen LogP contribution in [0.3, 0.4) is 0 Å². The first-order valence-electron chi connectivity index (χ1n) is 9.27. The van der Waals surface area contributed by atoms with Gasteiger partial charge in [-0.05, 0) is 92.7 Å². The summed E-state index contributed by atoms with van der Waals surface area (Å²) in [5.41, 5.74) is 1.64. The summed E-state index contributed by atoms with van der Waals surface area (Å²) >= 11 is 7.90. The Bertz CT molecular complexity index is 1120. The van der Waals surface area contributed by atoms with Crippen LogP contribution in [0.5, 0.6) is 0 Å². The Balaban J connectivity index is 1.61. The number of benzene rings is 3. The van der Waals surface area contributed by atoms with Crippen LogP contribution in [0.2, 0.25) is 0 Å². The van der Waals surface area contributed by atoms with E-state index in [2.05, 4.69) is 47.2 Å². The highest BCUT2D eigenvalue weighted by atomic mass is 79.9. The summed E-state index contributed by atoms with van der Waals surface area (Å²) in [4.78, 5) is 24.7. The Kier molecular flexibility index (Phi) is 8.27. The fourth-order valence-electron chi connectivity index (χ4n) is 2.69. The zero-order valence-corrected chi connectivity index (χ0v) is 20.6. The number of carbonyl (C=O) groups is 2. The molecule has 0 aliphatic rings. The Morgan fingerprint density at radius 3 is 2.19 bits per heavy atom. The highest BCUT2D eigenvalue weighted by Crippen LogP contribution is 2.35. The van der Waals surface area contributed by atoms with Gasteiger partial charge in [-0.25, -0.2) is 13.6 Å². The third-order valence-electron chi connectivity index (χ3n) is 4.32. The van der Waals surface area contributed by atoms with E-state index in [0.717, 1.165) is 5.56 Å². The fourth-order valence-corrected chi connectivity index (χ4v) is 4.70. The highest BCUT2D eigenvalue weighted by Gasteiger charge is 2.16. The monoisotopic (exact) mass is 583 g/mol. The molecule has 0 fully saturated rings. The summed E-state index contributed by atoms with van der Waals surface area (Å²) in [5.74, 6) is -1.55. The van der Waals surface area contributed by atoms with Crippen molar-refractivity contribution in [3.05, 3.63) is 92.4 Å². The molecule has 10 heteroatoms. The molecular weight excluding hydrogens is 568 g/mol. The van der Waals surface area contributed by atoms with Crippen molar-refractivity contribution < 1.29 is 18.4 Å². The van der Waals surface area contributed by atoms with Crippen molar-refractivity contribution >= 4 is 67.1 Å². The van der Waals surface area contributed by atoms with E-state index in [1.807, 2.05) is 6.92 Å². The molecule has 1 atom stereocenters. The second-order valence-corrected chi connectivity index (χ2v) is 9.47. The molecule has 3 aromatic rings. The van der Waals surface area contributed by atoms with E-state index in [1.54, 1.807) is 30.3 Å². The van der Waals surface area contributed by atoms with Crippen LogP contribution in [0.25, 0.3) is 0 Å². The van der Waals surface area contributed by atoms with Crippen molar-refractivity contribution in [1.82, 2.24) is 4.72 Å². The van der Waals surface area contributed by atoms with Crippen molar-refractivity contribution in [1.29, 1.82) is 0 Å². The minimum absolute atomic E-state index is 0.0832. The fraction of sp³-hybridized carbons (Fsp3) is 0.0909. The van der Waals surface area contributed by atoms with Gasteiger partial charge in [-0.2, -0.15) is 0 Å². The number of anilines is 2. The van der Waals surface area contributed by atoms with Gasteiger partial charge in [-0.3, -0.25) is 9.52 Å². The van der Waals surface area contributed by atoms with Gasteiger partial charge >= 0.3 is 6.03 Å². The third kappa shape index (κ3) is 6.30. The van der Waals surface area contributed by atoms with Crippen LogP contribution in [-0.2, 0) is 0 Å². The van der Waals surface area contributed by atoms with Gasteiger partial charge in [0.2, 0.25) is 0 Å². The molecular formula is C22H17Br2F2N3O2S. The largest absolute Gasteiger partial charge is 0.329 e. The lowest BCUT2D eigenvalue weighted by Gasteiger charge is -2.15. The lowest BCUT2D eigenvalue weighted by Crippen LogP contribution is -2.23. The number of urea groups is 1. The van der Waals surface area contributed by atoms with Gasteiger partial charge in [0.05, 0.1) is 11.3 Å². The first-order chi connectivity index (χ1) is 15.2. The predicted molar refractivity (Wildman–Crippen MR) is 131 cm³/mol. The number of amides is 3.